The Bertz CT molecular complexity index is 721. The number of aryl methyl sites for hydroxylation is 2. The third kappa shape index (κ3) is 4.41. The van der Waals surface area contributed by atoms with Crippen molar-refractivity contribution >= 4 is 23.2 Å². The first-order valence-corrected chi connectivity index (χ1v) is 7.78. The van der Waals surface area contributed by atoms with Crippen LogP contribution in [0.2, 0.25) is 0 Å². The Morgan fingerprint density at radius 3 is 2.17 bits per heavy atom. The summed E-state index contributed by atoms with van der Waals surface area (Å²) in [6.07, 6.45) is 0.157. The molecule has 0 aliphatic heterocycles. The van der Waals surface area contributed by atoms with E-state index in [1.54, 1.807) is 4.90 Å². The maximum Gasteiger partial charge on any atom is 0.226 e. The van der Waals surface area contributed by atoms with Gasteiger partial charge in [0.2, 0.25) is 11.8 Å². The Morgan fingerprint density at radius 1 is 1.04 bits per heavy atom. The Labute approximate surface area is 141 Å². The van der Waals surface area contributed by atoms with Crippen molar-refractivity contribution in [2.24, 2.45) is 0 Å². The molecule has 2 rings (SSSR count). The molecule has 5 heteroatoms. The summed E-state index contributed by atoms with van der Waals surface area (Å²) < 4.78 is 12.9. The van der Waals surface area contributed by atoms with Gasteiger partial charge in [-0.3, -0.25) is 9.59 Å². The maximum atomic E-state index is 12.9. The lowest BCUT2D eigenvalue weighted by Gasteiger charge is -2.25. The second-order valence-corrected chi connectivity index (χ2v) is 5.72. The van der Waals surface area contributed by atoms with Crippen LogP contribution in [0.3, 0.4) is 0 Å². The van der Waals surface area contributed by atoms with E-state index in [2.05, 4.69) is 5.32 Å². The van der Waals surface area contributed by atoms with Crippen LogP contribution < -0.4 is 10.2 Å². The van der Waals surface area contributed by atoms with Crippen LogP contribution in [0.5, 0.6) is 0 Å². The molecule has 0 heterocycles. The summed E-state index contributed by atoms with van der Waals surface area (Å²) in [5, 5.41) is 2.70. The summed E-state index contributed by atoms with van der Waals surface area (Å²) in [5.41, 5.74) is 3.36. The van der Waals surface area contributed by atoms with Crippen molar-refractivity contribution in [3.05, 3.63) is 59.4 Å². The minimum atomic E-state index is -0.356. The molecule has 0 saturated heterocycles. The minimum Gasteiger partial charge on any atom is -0.326 e. The zero-order valence-corrected chi connectivity index (χ0v) is 14.1. The standard InChI is InChI=1S/C19H21FN2O2/c1-13-5-4-6-14(2)19(13)22(15(3)23)12-11-18(24)21-17-9-7-16(20)8-10-17/h4-10H,11-12H2,1-3H3,(H,21,24). The van der Waals surface area contributed by atoms with Crippen LogP contribution in [0, 0.1) is 19.7 Å². The minimum absolute atomic E-state index is 0.109. The average molecular weight is 328 g/mol. The monoisotopic (exact) mass is 328 g/mol. The van der Waals surface area contributed by atoms with Crippen LogP contribution in [0.4, 0.5) is 15.8 Å². The van der Waals surface area contributed by atoms with Crippen molar-refractivity contribution in [3.63, 3.8) is 0 Å². The molecular weight excluding hydrogens is 307 g/mol. The molecule has 4 nitrogen and oxygen atoms in total. The summed E-state index contributed by atoms with van der Waals surface area (Å²) >= 11 is 0. The van der Waals surface area contributed by atoms with Gasteiger partial charge in [-0.1, -0.05) is 18.2 Å². The molecule has 0 fully saturated rings. The Balaban J connectivity index is 2.05. The topological polar surface area (TPSA) is 49.4 Å². The summed E-state index contributed by atoms with van der Waals surface area (Å²) in [6, 6.07) is 11.4. The van der Waals surface area contributed by atoms with Gasteiger partial charge in [-0.25, -0.2) is 4.39 Å². The van der Waals surface area contributed by atoms with Gasteiger partial charge < -0.3 is 10.2 Å². The van der Waals surface area contributed by atoms with Crippen LogP contribution in [0.1, 0.15) is 24.5 Å². The number of benzene rings is 2. The molecule has 0 aliphatic carbocycles. The zero-order valence-electron chi connectivity index (χ0n) is 14.1. The molecule has 0 spiro atoms. The zero-order chi connectivity index (χ0) is 17.7. The number of nitrogens with zero attached hydrogens (tertiary/aromatic N) is 1. The number of carbonyl (C=O) groups is 2. The van der Waals surface area contributed by atoms with E-state index in [0.29, 0.717) is 5.69 Å². The summed E-state index contributed by atoms with van der Waals surface area (Å²) in [6.45, 7) is 5.66. The van der Waals surface area contributed by atoms with E-state index in [9.17, 15) is 14.0 Å². The van der Waals surface area contributed by atoms with E-state index in [-0.39, 0.29) is 30.6 Å². The number of anilines is 2. The Morgan fingerprint density at radius 2 is 1.62 bits per heavy atom. The van der Waals surface area contributed by atoms with Gasteiger partial charge in [0.05, 0.1) is 0 Å². The van der Waals surface area contributed by atoms with Crippen LogP contribution in [-0.2, 0) is 9.59 Å². The van der Waals surface area contributed by atoms with Crippen molar-refractivity contribution in [1.82, 2.24) is 0 Å². The molecule has 0 bridgehead atoms. The highest BCUT2D eigenvalue weighted by Crippen LogP contribution is 2.25. The van der Waals surface area contributed by atoms with Gasteiger partial charge in [0.1, 0.15) is 5.82 Å². The van der Waals surface area contributed by atoms with Gasteiger partial charge in [0, 0.05) is 31.3 Å². The van der Waals surface area contributed by atoms with Crippen molar-refractivity contribution in [1.29, 1.82) is 0 Å². The Kier molecular flexibility index (Phi) is 5.68. The molecule has 2 aromatic rings. The van der Waals surface area contributed by atoms with E-state index < -0.39 is 0 Å². The highest BCUT2D eigenvalue weighted by molar-refractivity contribution is 5.95. The maximum absolute atomic E-state index is 12.9. The number of hydrogen-bond acceptors (Lipinski definition) is 2. The van der Waals surface area contributed by atoms with Crippen molar-refractivity contribution in [2.45, 2.75) is 27.2 Å². The second kappa shape index (κ2) is 7.73. The van der Waals surface area contributed by atoms with Crippen LogP contribution in [0.25, 0.3) is 0 Å². The molecule has 126 valence electrons. The quantitative estimate of drug-likeness (QED) is 0.907. The van der Waals surface area contributed by atoms with E-state index >= 15 is 0 Å². The van der Waals surface area contributed by atoms with Gasteiger partial charge >= 0.3 is 0 Å². The van der Waals surface area contributed by atoms with Gasteiger partial charge in [-0.2, -0.15) is 0 Å². The fourth-order valence-corrected chi connectivity index (χ4v) is 2.63. The van der Waals surface area contributed by atoms with Crippen molar-refractivity contribution < 1.29 is 14.0 Å². The highest BCUT2D eigenvalue weighted by Gasteiger charge is 2.17. The predicted molar refractivity (Wildman–Crippen MR) is 93.6 cm³/mol. The predicted octanol–water partition coefficient (Wildman–Crippen LogP) is 3.82. The van der Waals surface area contributed by atoms with Crippen molar-refractivity contribution in [2.75, 3.05) is 16.8 Å². The van der Waals surface area contributed by atoms with Gasteiger partial charge in [0.15, 0.2) is 0 Å². The molecule has 0 saturated carbocycles. The first-order valence-electron chi connectivity index (χ1n) is 7.78. The molecule has 0 atom stereocenters. The summed E-state index contributed by atoms with van der Waals surface area (Å²) in [4.78, 5) is 25.7. The largest absolute Gasteiger partial charge is 0.326 e. The Hall–Kier alpha value is -2.69. The van der Waals surface area contributed by atoms with E-state index in [1.165, 1.54) is 31.2 Å². The van der Waals surface area contributed by atoms with Gasteiger partial charge in [-0.05, 0) is 49.2 Å². The summed E-state index contributed by atoms with van der Waals surface area (Å²) in [5.74, 6) is -0.688. The molecule has 2 amide bonds. The fraction of sp³-hybridized carbons (Fsp3) is 0.263. The van der Waals surface area contributed by atoms with E-state index in [4.69, 9.17) is 0 Å². The lowest BCUT2D eigenvalue weighted by atomic mass is 10.1. The lowest BCUT2D eigenvalue weighted by molar-refractivity contribution is -0.117. The van der Waals surface area contributed by atoms with Crippen LogP contribution in [-0.4, -0.2) is 18.4 Å². The smallest absolute Gasteiger partial charge is 0.226 e. The first-order chi connectivity index (χ1) is 11.4. The highest BCUT2D eigenvalue weighted by atomic mass is 19.1. The number of nitrogens with one attached hydrogen (secondary N) is 1. The second-order valence-electron chi connectivity index (χ2n) is 5.72. The normalized spacial score (nSPS) is 10.3. The summed E-state index contributed by atoms with van der Waals surface area (Å²) in [7, 11) is 0. The molecule has 0 aliphatic rings. The van der Waals surface area contributed by atoms with E-state index in [1.807, 2.05) is 32.0 Å². The molecular formula is C19H21FN2O2. The third-order valence-electron chi connectivity index (χ3n) is 3.78. The van der Waals surface area contributed by atoms with Crippen molar-refractivity contribution in [3.8, 4) is 0 Å². The average Bonchev–Trinajstić information content (AvgIpc) is 2.52. The molecule has 0 radical (unpaired) electrons. The number of hydrogen-bond donors (Lipinski definition) is 1. The van der Waals surface area contributed by atoms with Crippen LogP contribution in [0.15, 0.2) is 42.5 Å². The van der Waals surface area contributed by atoms with Gasteiger partial charge in [0.25, 0.3) is 0 Å². The fourth-order valence-electron chi connectivity index (χ4n) is 2.63. The SMILES string of the molecule is CC(=O)N(CCC(=O)Nc1ccc(F)cc1)c1c(C)cccc1C. The molecule has 24 heavy (non-hydrogen) atoms. The lowest BCUT2D eigenvalue weighted by Crippen LogP contribution is -2.33. The number of halogens is 1. The number of rotatable bonds is 5. The van der Waals surface area contributed by atoms with Gasteiger partial charge in [-0.15, -0.1) is 0 Å². The molecule has 1 N–H and O–H groups in total. The number of para-hydroxylation sites is 1. The molecule has 2 aromatic carbocycles. The molecule has 0 unspecified atom stereocenters. The third-order valence-corrected chi connectivity index (χ3v) is 3.78. The first kappa shape index (κ1) is 17.7. The molecule has 0 aromatic heterocycles. The van der Waals surface area contributed by atoms with E-state index in [0.717, 1.165) is 16.8 Å². The number of amides is 2. The van der Waals surface area contributed by atoms with Crippen LogP contribution >= 0.6 is 0 Å². The number of carbonyl (C=O) groups excluding carboxylic acids is 2.